The van der Waals surface area contributed by atoms with Crippen molar-refractivity contribution >= 4 is 50.7 Å². The number of hydrogen-bond acceptors (Lipinski definition) is 4. The number of amides is 2. The molecule has 1 fully saturated rings. The Hall–Kier alpha value is -3.07. The van der Waals surface area contributed by atoms with Gasteiger partial charge in [-0.05, 0) is 68.7 Å². The van der Waals surface area contributed by atoms with E-state index in [0.717, 1.165) is 41.1 Å². The molecule has 3 aromatic carbocycles. The number of nitrogens with zero attached hydrogens (tertiary/aromatic N) is 2. The van der Waals surface area contributed by atoms with E-state index in [1.165, 1.54) is 17.0 Å². The molecule has 4 rings (SSSR count). The van der Waals surface area contributed by atoms with Crippen molar-refractivity contribution in [2.24, 2.45) is 0 Å². The zero-order valence-electron chi connectivity index (χ0n) is 22.5. The summed E-state index contributed by atoms with van der Waals surface area (Å²) in [5, 5.41) is 3.78. The van der Waals surface area contributed by atoms with Gasteiger partial charge >= 0.3 is 0 Å². The largest absolute Gasteiger partial charge is 0.352 e. The summed E-state index contributed by atoms with van der Waals surface area (Å²) in [5.74, 6) is -0.820. The van der Waals surface area contributed by atoms with Gasteiger partial charge in [-0.25, -0.2) is 8.42 Å². The van der Waals surface area contributed by atoms with Gasteiger partial charge < -0.3 is 10.2 Å². The summed E-state index contributed by atoms with van der Waals surface area (Å²) >= 11 is 12.5. The summed E-state index contributed by atoms with van der Waals surface area (Å²) in [4.78, 5) is 28.7. The molecule has 2 amide bonds. The van der Waals surface area contributed by atoms with Crippen molar-refractivity contribution < 1.29 is 18.0 Å². The third kappa shape index (κ3) is 7.16. The number of carbonyl (C=O) groups is 2. The molecule has 212 valence electrons. The molecule has 0 heterocycles. The molecule has 0 radical (unpaired) electrons. The van der Waals surface area contributed by atoms with E-state index >= 15 is 0 Å². The monoisotopic (exact) mass is 601 g/mol. The average Bonchev–Trinajstić information content (AvgIpc) is 3.44. The highest BCUT2D eigenvalue weighted by atomic mass is 35.5. The van der Waals surface area contributed by atoms with Gasteiger partial charge in [0, 0.05) is 17.6 Å². The molecule has 40 heavy (non-hydrogen) atoms. The Bertz CT molecular complexity index is 1440. The molecule has 1 unspecified atom stereocenters. The van der Waals surface area contributed by atoms with E-state index in [2.05, 4.69) is 5.32 Å². The number of para-hydroxylation sites is 1. The molecule has 1 aliphatic carbocycles. The normalized spacial score (nSPS) is 14.5. The lowest BCUT2D eigenvalue weighted by atomic mass is 10.1. The minimum absolute atomic E-state index is 0.0297. The van der Waals surface area contributed by atoms with Crippen LogP contribution in [-0.2, 0) is 26.2 Å². The van der Waals surface area contributed by atoms with Crippen LogP contribution in [0.5, 0.6) is 0 Å². The Morgan fingerprint density at radius 1 is 0.950 bits per heavy atom. The van der Waals surface area contributed by atoms with Crippen LogP contribution >= 0.6 is 23.2 Å². The molecule has 1 saturated carbocycles. The molecule has 0 saturated heterocycles. The Balaban J connectivity index is 1.69. The van der Waals surface area contributed by atoms with Crippen LogP contribution in [-0.4, -0.2) is 43.8 Å². The number of aryl methyl sites for hydroxylation is 1. The molecule has 10 heteroatoms. The fourth-order valence-corrected chi connectivity index (χ4v) is 6.61. The first-order chi connectivity index (χ1) is 19.1. The van der Waals surface area contributed by atoms with E-state index in [1.807, 2.05) is 6.92 Å². The topological polar surface area (TPSA) is 86.8 Å². The minimum atomic E-state index is -4.18. The van der Waals surface area contributed by atoms with E-state index in [-0.39, 0.29) is 34.1 Å². The Kier molecular flexibility index (Phi) is 9.77. The molecule has 3 aromatic rings. The number of anilines is 1. The minimum Gasteiger partial charge on any atom is -0.352 e. The smallest absolute Gasteiger partial charge is 0.264 e. The number of nitrogens with one attached hydrogen (secondary N) is 1. The number of halogens is 2. The van der Waals surface area contributed by atoms with E-state index in [0.29, 0.717) is 5.02 Å². The summed E-state index contributed by atoms with van der Waals surface area (Å²) in [6.45, 7) is 3.07. The number of hydrogen-bond donors (Lipinski definition) is 1. The highest BCUT2D eigenvalue weighted by molar-refractivity contribution is 7.92. The van der Waals surface area contributed by atoms with Crippen molar-refractivity contribution in [2.75, 3.05) is 10.8 Å². The van der Waals surface area contributed by atoms with Crippen LogP contribution < -0.4 is 9.62 Å². The molecule has 1 aliphatic rings. The molecular formula is C30H33Cl2N3O4S. The number of benzene rings is 3. The first-order valence-electron chi connectivity index (χ1n) is 13.2. The van der Waals surface area contributed by atoms with E-state index in [9.17, 15) is 18.0 Å². The Morgan fingerprint density at radius 3 is 2.20 bits per heavy atom. The molecule has 1 N–H and O–H groups in total. The van der Waals surface area contributed by atoms with Gasteiger partial charge in [-0.3, -0.25) is 13.9 Å². The quantitative estimate of drug-likeness (QED) is 0.310. The Morgan fingerprint density at radius 2 is 1.57 bits per heavy atom. The maximum absolute atomic E-state index is 14.0. The first kappa shape index (κ1) is 29.9. The van der Waals surface area contributed by atoms with Gasteiger partial charge in [0.2, 0.25) is 11.8 Å². The summed E-state index contributed by atoms with van der Waals surface area (Å²) in [6, 6.07) is 19.1. The highest BCUT2D eigenvalue weighted by Gasteiger charge is 2.34. The summed E-state index contributed by atoms with van der Waals surface area (Å²) in [7, 11) is -4.18. The van der Waals surface area contributed by atoms with Crippen molar-refractivity contribution in [3.05, 3.63) is 94.0 Å². The summed E-state index contributed by atoms with van der Waals surface area (Å²) < 4.78 is 28.8. The fourth-order valence-electron chi connectivity index (χ4n) is 4.77. The molecule has 1 atom stereocenters. The lowest BCUT2D eigenvalue weighted by Gasteiger charge is -2.32. The van der Waals surface area contributed by atoms with E-state index in [1.54, 1.807) is 67.6 Å². The van der Waals surface area contributed by atoms with Crippen LogP contribution in [0.2, 0.25) is 10.0 Å². The number of sulfonamides is 1. The molecular weight excluding hydrogens is 569 g/mol. The van der Waals surface area contributed by atoms with Crippen molar-refractivity contribution in [2.45, 2.75) is 63.1 Å². The second kappa shape index (κ2) is 13.1. The standard InChI is InChI=1S/C30H33Cl2N3O4S/c1-21-11-17-26(18-12-21)40(38,39)35(28-10-6-5-9-27(28)32)20-29(36)34(19-23-13-15-24(31)16-14-23)22(2)30(37)33-25-7-3-4-8-25/h5-6,9-18,22,25H,3-4,7-8,19-20H2,1-2H3,(H,33,37). The Labute approximate surface area is 246 Å². The van der Waals surface area contributed by atoms with Crippen LogP contribution in [0, 0.1) is 6.92 Å². The fraction of sp³-hybridized carbons (Fsp3) is 0.333. The highest BCUT2D eigenvalue weighted by Crippen LogP contribution is 2.31. The molecule has 0 aliphatic heterocycles. The maximum Gasteiger partial charge on any atom is 0.264 e. The number of carbonyl (C=O) groups excluding carboxylic acids is 2. The van der Waals surface area contributed by atoms with Gasteiger partial charge in [0.15, 0.2) is 0 Å². The lowest BCUT2D eigenvalue weighted by molar-refractivity contribution is -0.139. The second-order valence-electron chi connectivity index (χ2n) is 10.1. The van der Waals surface area contributed by atoms with Crippen LogP contribution in [0.3, 0.4) is 0 Å². The summed E-state index contributed by atoms with van der Waals surface area (Å²) in [6.07, 6.45) is 3.91. The SMILES string of the molecule is Cc1ccc(S(=O)(=O)N(CC(=O)N(Cc2ccc(Cl)cc2)C(C)C(=O)NC2CCCC2)c2ccccc2Cl)cc1. The summed E-state index contributed by atoms with van der Waals surface area (Å²) in [5.41, 5.74) is 1.83. The maximum atomic E-state index is 14.0. The van der Waals surface area contributed by atoms with E-state index < -0.39 is 28.5 Å². The zero-order valence-corrected chi connectivity index (χ0v) is 24.8. The van der Waals surface area contributed by atoms with Gasteiger partial charge in [-0.1, -0.05) is 78.0 Å². The van der Waals surface area contributed by atoms with Gasteiger partial charge in [0.25, 0.3) is 10.0 Å². The molecule has 0 aromatic heterocycles. The van der Waals surface area contributed by atoms with Crippen LogP contribution in [0.15, 0.2) is 77.7 Å². The zero-order chi connectivity index (χ0) is 28.9. The molecule has 0 bridgehead atoms. The van der Waals surface area contributed by atoms with Gasteiger partial charge in [0.05, 0.1) is 15.6 Å². The third-order valence-electron chi connectivity index (χ3n) is 7.14. The van der Waals surface area contributed by atoms with Crippen molar-refractivity contribution in [1.29, 1.82) is 0 Å². The van der Waals surface area contributed by atoms with Crippen molar-refractivity contribution in [1.82, 2.24) is 10.2 Å². The van der Waals surface area contributed by atoms with Gasteiger partial charge in [0.1, 0.15) is 12.6 Å². The second-order valence-corrected chi connectivity index (χ2v) is 12.8. The van der Waals surface area contributed by atoms with E-state index in [4.69, 9.17) is 23.2 Å². The number of rotatable bonds is 10. The predicted molar refractivity (Wildman–Crippen MR) is 159 cm³/mol. The van der Waals surface area contributed by atoms with Gasteiger partial charge in [-0.15, -0.1) is 0 Å². The van der Waals surface area contributed by atoms with Crippen LogP contribution in [0.25, 0.3) is 0 Å². The predicted octanol–water partition coefficient (Wildman–Crippen LogP) is 5.97. The molecule has 0 spiro atoms. The average molecular weight is 603 g/mol. The van der Waals surface area contributed by atoms with Crippen molar-refractivity contribution in [3.8, 4) is 0 Å². The lowest BCUT2D eigenvalue weighted by Crippen LogP contribution is -2.52. The third-order valence-corrected chi connectivity index (χ3v) is 9.49. The van der Waals surface area contributed by atoms with Crippen molar-refractivity contribution in [3.63, 3.8) is 0 Å². The van der Waals surface area contributed by atoms with Gasteiger partial charge in [-0.2, -0.15) is 0 Å². The van der Waals surface area contributed by atoms with Crippen LogP contribution in [0.1, 0.15) is 43.7 Å². The molecule has 7 nitrogen and oxygen atoms in total. The van der Waals surface area contributed by atoms with Crippen LogP contribution in [0.4, 0.5) is 5.69 Å². The first-order valence-corrected chi connectivity index (χ1v) is 15.4.